The SMILES string of the molecule is CC(C)CC(CO)NOSN(C)c1ccccc1Br.S. The molecule has 1 rings (SSSR count). The number of hydrogen-bond donors (Lipinski definition) is 2. The molecule has 0 aromatic heterocycles. The summed E-state index contributed by atoms with van der Waals surface area (Å²) < 4.78 is 8.28. The van der Waals surface area contributed by atoms with Gasteiger partial charge in [0, 0.05) is 11.5 Å². The van der Waals surface area contributed by atoms with Crippen molar-refractivity contribution >= 4 is 47.3 Å². The molecule has 20 heavy (non-hydrogen) atoms. The molecule has 0 saturated heterocycles. The van der Waals surface area contributed by atoms with E-state index in [1.807, 2.05) is 35.6 Å². The molecule has 0 fully saturated rings. The molecule has 0 aliphatic heterocycles. The largest absolute Gasteiger partial charge is 0.395 e. The van der Waals surface area contributed by atoms with E-state index < -0.39 is 0 Å². The fourth-order valence-corrected chi connectivity index (χ4v) is 2.82. The van der Waals surface area contributed by atoms with Crippen LogP contribution in [0, 0.1) is 5.92 Å². The first-order chi connectivity index (χ1) is 9.04. The maximum Gasteiger partial charge on any atom is 0.135 e. The Morgan fingerprint density at radius 3 is 2.60 bits per heavy atom. The topological polar surface area (TPSA) is 44.7 Å². The van der Waals surface area contributed by atoms with Gasteiger partial charge in [-0.15, -0.1) is 0 Å². The summed E-state index contributed by atoms with van der Waals surface area (Å²) in [6.45, 7) is 4.30. The molecule has 1 atom stereocenters. The van der Waals surface area contributed by atoms with Crippen LogP contribution in [0.25, 0.3) is 0 Å². The van der Waals surface area contributed by atoms with Crippen LogP contribution in [0.1, 0.15) is 20.3 Å². The maximum atomic E-state index is 9.23. The minimum absolute atomic E-state index is 0. The first kappa shape index (κ1) is 20.1. The number of para-hydroxylation sites is 1. The van der Waals surface area contributed by atoms with E-state index in [9.17, 15) is 5.11 Å². The Balaban J connectivity index is 0.00000361. The van der Waals surface area contributed by atoms with Crippen molar-refractivity contribution in [2.24, 2.45) is 5.92 Å². The minimum Gasteiger partial charge on any atom is -0.395 e. The molecule has 1 aromatic rings. The lowest BCUT2D eigenvalue weighted by Gasteiger charge is -2.21. The molecule has 4 nitrogen and oxygen atoms in total. The van der Waals surface area contributed by atoms with Gasteiger partial charge in [0.15, 0.2) is 0 Å². The summed E-state index contributed by atoms with van der Waals surface area (Å²) in [6.07, 6.45) is 0.871. The molecule has 0 heterocycles. The number of anilines is 1. The maximum absolute atomic E-state index is 9.23. The van der Waals surface area contributed by atoms with Gasteiger partial charge in [-0.3, -0.25) is 4.31 Å². The highest BCUT2D eigenvalue weighted by Gasteiger charge is 2.11. The molecule has 0 spiro atoms. The van der Waals surface area contributed by atoms with Crippen LogP contribution in [0.5, 0.6) is 0 Å². The zero-order valence-electron chi connectivity index (χ0n) is 12.0. The van der Waals surface area contributed by atoms with Crippen LogP contribution in [-0.2, 0) is 4.28 Å². The molecule has 0 radical (unpaired) electrons. The highest BCUT2D eigenvalue weighted by Crippen LogP contribution is 2.28. The lowest BCUT2D eigenvalue weighted by Crippen LogP contribution is -2.33. The highest BCUT2D eigenvalue weighted by molar-refractivity contribution is 9.10. The van der Waals surface area contributed by atoms with Gasteiger partial charge in [0.25, 0.3) is 0 Å². The van der Waals surface area contributed by atoms with Crippen molar-refractivity contribution in [1.82, 2.24) is 5.48 Å². The zero-order chi connectivity index (χ0) is 14.3. The molecule has 1 aromatic carbocycles. The van der Waals surface area contributed by atoms with Crippen molar-refractivity contribution in [3.8, 4) is 0 Å². The fourth-order valence-electron chi connectivity index (χ4n) is 1.62. The van der Waals surface area contributed by atoms with Crippen LogP contribution in [0.4, 0.5) is 5.69 Å². The van der Waals surface area contributed by atoms with Gasteiger partial charge in [-0.2, -0.15) is 19.0 Å². The van der Waals surface area contributed by atoms with Gasteiger partial charge < -0.3 is 5.11 Å². The van der Waals surface area contributed by atoms with Crippen molar-refractivity contribution in [3.05, 3.63) is 28.7 Å². The number of aliphatic hydroxyl groups is 1. The van der Waals surface area contributed by atoms with Gasteiger partial charge in [-0.25, -0.2) is 4.28 Å². The fraction of sp³-hybridized carbons (Fsp3) is 0.538. The number of nitrogens with one attached hydrogen (secondary N) is 1. The summed E-state index contributed by atoms with van der Waals surface area (Å²) in [5.74, 6) is 0.513. The predicted molar refractivity (Wildman–Crippen MR) is 95.1 cm³/mol. The lowest BCUT2D eigenvalue weighted by molar-refractivity contribution is 0.121. The van der Waals surface area contributed by atoms with Crippen LogP contribution < -0.4 is 9.79 Å². The van der Waals surface area contributed by atoms with Gasteiger partial charge in [0.1, 0.15) is 12.2 Å². The number of aliphatic hydroxyl groups excluding tert-OH is 1. The van der Waals surface area contributed by atoms with E-state index in [1.165, 1.54) is 12.2 Å². The number of halogens is 1. The third-order valence-electron chi connectivity index (χ3n) is 2.53. The summed E-state index contributed by atoms with van der Waals surface area (Å²) in [7, 11) is 1.92. The Kier molecular flexibility index (Phi) is 10.8. The van der Waals surface area contributed by atoms with Crippen LogP contribution >= 0.6 is 41.7 Å². The van der Waals surface area contributed by atoms with E-state index in [-0.39, 0.29) is 26.1 Å². The van der Waals surface area contributed by atoms with Crippen LogP contribution in [-0.4, -0.2) is 24.8 Å². The lowest BCUT2D eigenvalue weighted by atomic mass is 10.1. The molecule has 0 saturated carbocycles. The summed E-state index contributed by atoms with van der Waals surface area (Å²) in [5.41, 5.74) is 3.90. The average Bonchev–Trinajstić information content (AvgIpc) is 2.37. The van der Waals surface area contributed by atoms with E-state index in [0.717, 1.165) is 16.6 Å². The van der Waals surface area contributed by atoms with Gasteiger partial charge in [-0.1, -0.05) is 26.0 Å². The average molecular weight is 383 g/mol. The Labute approximate surface area is 141 Å². The minimum atomic E-state index is -0.0416. The molecule has 1 unspecified atom stereocenters. The van der Waals surface area contributed by atoms with Crippen LogP contribution in [0.2, 0.25) is 0 Å². The zero-order valence-corrected chi connectivity index (χ0v) is 15.4. The molecule has 0 aliphatic rings. The quantitative estimate of drug-likeness (QED) is 0.409. The number of rotatable bonds is 8. The smallest absolute Gasteiger partial charge is 0.135 e. The molecular formula is C13H23BrN2O2S2. The Hall–Kier alpha value is 0.0800. The predicted octanol–water partition coefficient (Wildman–Crippen LogP) is 3.49. The second kappa shape index (κ2) is 10.8. The van der Waals surface area contributed by atoms with Crippen LogP contribution in [0.15, 0.2) is 28.7 Å². The normalized spacial score (nSPS) is 12.1. The van der Waals surface area contributed by atoms with E-state index >= 15 is 0 Å². The standard InChI is InChI=1S/C13H21BrN2O2S.H2S/c1-10(2)8-11(9-17)15-18-19-16(3)13-7-5-4-6-12(13)14;/h4-7,10-11,15,17H,8-9H2,1-3H3;1H2. The first-order valence-electron chi connectivity index (χ1n) is 6.22. The first-order valence-corrected chi connectivity index (χ1v) is 7.72. The number of benzene rings is 1. The number of hydroxylamine groups is 1. The Bertz CT molecular complexity index is 383. The van der Waals surface area contributed by atoms with E-state index in [4.69, 9.17) is 4.28 Å². The summed E-state index contributed by atoms with van der Waals surface area (Å²) in [6, 6.07) is 7.88. The van der Waals surface area contributed by atoms with Crippen molar-refractivity contribution in [2.75, 3.05) is 18.0 Å². The number of nitrogens with zero attached hydrogens (tertiary/aromatic N) is 1. The van der Waals surface area contributed by atoms with E-state index in [1.54, 1.807) is 0 Å². The third kappa shape index (κ3) is 7.19. The van der Waals surface area contributed by atoms with Crippen molar-refractivity contribution in [2.45, 2.75) is 26.3 Å². The molecule has 0 bridgehead atoms. The Morgan fingerprint density at radius 2 is 2.05 bits per heavy atom. The van der Waals surface area contributed by atoms with E-state index in [2.05, 4.69) is 35.3 Å². The summed E-state index contributed by atoms with van der Waals surface area (Å²) >= 11 is 4.69. The molecule has 116 valence electrons. The monoisotopic (exact) mass is 382 g/mol. The van der Waals surface area contributed by atoms with Gasteiger partial charge in [0.2, 0.25) is 0 Å². The van der Waals surface area contributed by atoms with Crippen molar-refractivity contribution in [3.63, 3.8) is 0 Å². The summed E-state index contributed by atoms with van der Waals surface area (Å²) in [5, 5.41) is 9.23. The second-order valence-corrected chi connectivity index (χ2v) is 6.45. The molecule has 7 heteroatoms. The van der Waals surface area contributed by atoms with Gasteiger partial charge in [0.05, 0.1) is 18.3 Å². The highest BCUT2D eigenvalue weighted by atomic mass is 79.9. The molecule has 0 aliphatic carbocycles. The van der Waals surface area contributed by atoms with Crippen LogP contribution in [0.3, 0.4) is 0 Å². The van der Waals surface area contributed by atoms with Gasteiger partial charge >= 0.3 is 0 Å². The number of hydrogen-bond acceptors (Lipinski definition) is 5. The van der Waals surface area contributed by atoms with Gasteiger partial charge in [-0.05, 0) is 40.4 Å². The second-order valence-electron chi connectivity index (χ2n) is 4.73. The van der Waals surface area contributed by atoms with Crippen molar-refractivity contribution < 1.29 is 9.39 Å². The third-order valence-corrected chi connectivity index (χ3v) is 3.79. The molecule has 0 amide bonds. The summed E-state index contributed by atoms with van der Waals surface area (Å²) in [4.78, 5) is 0. The Morgan fingerprint density at radius 1 is 1.40 bits per heavy atom. The molecular weight excluding hydrogens is 360 g/mol. The van der Waals surface area contributed by atoms with E-state index in [0.29, 0.717) is 5.92 Å². The van der Waals surface area contributed by atoms with Crippen molar-refractivity contribution in [1.29, 1.82) is 0 Å². The molecule has 2 N–H and O–H groups in total.